The minimum atomic E-state index is -0.202. The van der Waals surface area contributed by atoms with Gasteiger partial charge in [-0.1, -0.05) is 6.07 Å². The van der Waals surface area contributed by atoms with Crippen LogP contribution in [0.3, 0.4) is 0 Å². The molecule has 0 saturated carbocycles. The monoisotopic (exact) mass is 250 g/mol. The number of hydrogen-bond acceptors (Lipinski definition) is 3. The molecule has 1 aromatic heterocycles. The number of benzene rings is 1. The van der Waals surface area contributed by atoms with Crippen molar-refractivity contribution in [3.05, 3.63) is 29.0 Å². The third-order valence-electron chi connectivity index (χ3n) is 3.36. The fourth-order valence-corrected chi connectivity index (χ4v) is 3.59. The number of thiazole rings is 1. The molecule has 1 fully saturated rings. The van der Waals surface area contributed by atoms with E-state index >= 15 is 0 Å². The molecule has 1 aliphatic rings. The van der Waals surface area contributed by atoms with Crippen LogP contribution < -0.4 is 5.32 Å². The zero-order chi connectivity index (χ0) is 11.8. The number of nitrogens with zero attached hydrogens (tertiary/aromatic N) is 1. The standard InChI is InChI=1S/C13H15FN2S/c1-8-7-9(5-6-15-8)13-16-12-10(14)3-2-4-11(12)17-13/h2-4,8-9,15H,5-7H2,1H3/t8-,9-/m0/s1. The maximum absolute atomic E-state index is 13.6. The van der Waals surface area contributed by atoms with E-state index < -0.39 is 0 Å². The van der Waals surface area contributed by atoms with Gasteiger partial charge in [0, 0.05) is 12.0 Å². The van der Waals surface area contributed by atoms with E-state index in [4.69, 9.17) is 0 Å². The van der Waals surface area contributed by atoms with Crippen LogP contribution in [-0.4, -0.2) is 17.6 Å². The molecule has 2 nitrogen and oxygen atoms in total. The van der Waals surface area contributed by atoms with Crippen LogP contribution in [0.15, 0.2) is 18.2 Å². The predicted molar refractivity (Wildman–Crippen MR) is 69.0 cm³/mol. The normalized spacial score (nSPS) is 25.3. The second-order valence-corrected chi connectivity index (χ2v) is 5.78. The summed E-state index contributed by atoms with van der Waals surface area (Å²) in [6.45, 7) is 3.23. The number of halogens is 1. The maximum Gasteiger partial charge on any atom is 0.150 e. The summed E-state index contributed by atoms with van der Waals surface area (Å²) >= 11 is 1.64. The van der Waals surface area contributed by atoms with E-state index in [2.05, 4.69) is 17.2 Å². The minimum Gasteiger partial charge on any atom is -0.314 e. The lowest BCUT2D eigenvalue weighted by atomic mass is 9.94. The molecular weight excluding hydrogens is 235 g/mol. The van der Waals surface area contributed by atoms with E-state index in [1.54, 1.807) is 17.4 Å². The average Bonchev–Trinajstić information content (AvgIpc) is 2.74. The molecule has 1 N–H and O–H groups in total. The number of aromatic nitrogens is 1. The zero-order valence-electron chi connectivity index (χ0n) is 9.74. The first-order chi connectivity index (χ1) is 8.24. The molecule has 0 bridgehead atoms. The molecule has 3 rings (SSSR count). The van der Waals surface area contributed by atoms with Gasteiger partial charge in [-0.15, -0.1) is 11.3 Å². The Hall–Kier alpha value is -1.00. The first-order valence-electron chi connectivity index (χ1n) is 6.02. The van der Waals surface area contributed by atoms with Crippen LogP contribution in [0.1, 0.15) is 30.7 Å². The van der Waals surface area contributed by atoms with E-state index in [1.807, 2.05) is 6.07 Å². The Bertz CT molecular complexity index is 537. The van der Waals surface area contributed by atoms with Crippen LogP contribution in [0.4, 0.5) is 4.39 Å². The molecular formula is C13H15FN2S. The van der Waals surface area contributed by atoms with Crippen LogP contribution in [-0.2, 0) is 0 Å². The second-order valence-electron chi connectivity index (χ2n) is 4.72. The lowest BCUT2D eigenvalue weighted by Gasteiger charge is -2.26. The summed E-state index contributed by atoms with van der Waals surface area (Å²) in [7, 11) is 0. The molecule has 0 radical (unpaired) electrons. The third-order valence-corrected chi connectivity index (χ3v) is 4.54. The molecule has 4 heteroatoms. The van der Waals surface area contributed by atoms with Gasteiger partial charge >= 0.3 is 0 Å². The van der Waals surface area contributed by atoms with Crippen molar-refractivity contribution in [1.82, 2.24) is 10.3 Å². The molecule has 0 unspecified atom stereocenters. The summed E-state index contributed by atoms with van der Waals surface area (Å²) in [6.07, 6.45) is 2.20. The maximum atomic E-state index is 13.6. The van der Waals surface area contributed by atoms with Crippen molar-refractivity contribution in [2.75, 3.05) is 6.54 Å². The second kappa shape index (κ2) is 4.35. The summed E-state index contributed by atoms with van der Waals surface area (Å²) in [5, 5.41) is 4.53. The Morgan fingerprint density at radius 2 is 2.35 bits per heavy atom. The van der Waals surface area contributed by atoms with Gasteiger partial charge < -0.3 is 5.32 Å². The number of piperidine rings is 1. The van der Waals surface area contributed by atoms with Crippen molar-refractivity contribution < 1.29 is 4.39 Å². The van der Waals surface area contributed by atoms with Gasteiger partial charge in [0.15, 0.2) is 0 Å². The molecule has 90 valence electrons. The lowest BCUT2D eigenvalue weighted by molar-refractivity contribution is 0.381. The number of hydrogen-bond donors (Lipinski definition) is 1. The highest BCUT2D eigenvalue weighted by Crippen LogP contribution is 2.34. The van der Waals surface area contributed by atoms with Crippen molar-refractivity contribution in [1.29, 1.82) is 0 Å². The van der Waals surface area contributed by atoms with Crippen molar-refractivity contribution in [3.8, 4) is 0 Å². The molecule has 0 spiro atoms. The van der Waals surface area contributed by atoms with Gasteiger partial charge in [0.2, 0.25) is 0 Å². The van der Waals surface area contributed by atoms with Gasteiger partial charge in [0.05, 0.1) is 9.71 Å². The largest absolute Gasteiger partial charge is 0.314 e. The quantitative estimate of drug-likeness (QED) is 0.840. The Balaban J connectivity index is 1.97. The molecule has 2 atom stereocenters. The van der Waals surface area contributed by atoms with Gasteiger partial charge in [0.25, 0.3) is 0 Å². The highest BCUT2D eigenvalue weighted by atomic mass is 32.1. The highest BCUT2D eigenvalue weighted by molar-refractivity contribution is 7.18. The smallest absolute Gasteiger partial charge is 0.150 e. The number of rotatable bonds is 1. The Kier molecular flexibility index (Phi) is 2.84. The Morgan fingerprint density at radius 1 is 1.47 bits per heavy atom. The van der Waals surface area contributed by atoms with E-state index in [1.165, 1.54) is 6.07 Å². The molecule has 1 aromatic carbocycles. The van der Waals surface area contributed by atoms with Crippen LogP contribution in [0.5, 0.6) is 0 Å². The highest BCUT2D eigenvalue weighted by Gasteiger charge is 2.23. The van der Waals surface area contributed by atoms with Crippen molar-refractivity contribution >= 4 is 21.6 Å². The molecule has 0 amide bonds. The minimum absolute atomic E-state index is 0.202. The number of para-hydroxylation sites is 1. The summed E-state index contributed by atoms with van der Waals surface area (Å²) < 4.78 is 14.5. The van der Waals surface area contributed by atoms with Gasteiger partial charge in [-0.05, 0) is 38.4 Å². The Labute approximate surface area is 104 Å². The fourth-order valence-electron chi connectivity index (χ4n) is 2.46. The molecule has 2 heterocycles. The topological polar surface area (TPSA) is 24.9 Å². The SMILES string of the molecule is C[C@H]1C[C@@H](c2nc3c(F)cccc3s2)CCN1. The van der Waals surface area contributed by atoms with E-state index in [9.17, 15) is 4.39 Å². The van der Waals surface area contributed by atoms with Crippen LogP contribution in [0, 0.1) is 5.82 Å². The predicted octanol–water partition coefficient (Wildman–Crippen LogP) is 3.29. The molecule has 2 aromatic rings. The average molecular weight is 250 g/mol. The van der Waals surface area contributed by atoms with E-state index in [-0.39, 0.29) is 5.82 Å². The molecule has 0 aliphatic carbocycles. The Morgan fingerprint density at radius 3 is 3.12 bits per heavy atom. The van der Waals surface area contributed by atoms with Crippen molar-refractivity contribution in [2.45, 2.75) is 31.7 Å². The first kappa shape index (κ1) is 11.1. The van der Waals surface area contributed by atoms with Crippen LogP contribution in [0.25, 0.3) is 10.2 Å². The molecule has 1 aliphatic heterocycles. The van der Waals surface area contributed by atoms with Crippen LogP contribution >= 0.6 is 11.3 Å². The number of fused-ring (bicyclic) bond motifs is 1. The number of nitrogens with one attached hydrogen (secondary N) is 1. The third kappa shape index (κ3) is 2.07. The van der Waals surface area contributed by atoms with Crippen molar-refractivity contribution in [2.24, 2.45) is 0 Å². The van der Waals surface area contributed by atoms with E-state index in [0.29, 0.717) is 17.5 Å². The van der Waals surface area contributed by atoms with Gasteiger partial charge in [0.1, 0.15) is 11.3 Å². The van der Waals surface area contributed by atoms with Gasteiger partial charge in [-0.3, -0.25) is 0 Å². The summed E-state index contributed by atoms with van der Waals surface area (Å²) in [5.74, 6) is 0.287. The first-order valence-corrected chi connectivity index (χ1v) is 6.84. The van der Waals surface area contributed by atoms with Crippen molar-refractivity contribution in [3.63, 3.8) is 0 Å². The summed E-state index contributed by atoms with van der Waals surface area (Å²) in [5.41, 5.74) is 0.540. The van der Waals surface area contributed by atoms with Gasteiger partial charge in [-0.25, -0.2) is 9.37 Å². The molecule has 1 saturated heterocycles. The summed E-state index contributed by atoms with van der Waals surface area (Å²) in [4.78, 5) is 4.49. The van der Waals surface area contributed by atoms with Crippen LogP contribution in [0.2, 0.25) is 0 Å². The zero-order valence-corrected chi connectivity index (χ0v) is 10.6. The van der Waals surface area contributed by atoms with Gasteiger partial charge in [-0.2, -0.15) is 0 Å². The van der Waals surface area contributed by atoms with E-state index in [0.717, 1.165) is 29.1 Å². The fraction of sp³-hybridized carbons (Fsp3) is 0.462. The lowest BCUT2D eigenvalue weighted by Crippen LogP contribution is -2.34. The molecule has 17 heavy (non-hydrogen) atoms. The summed E-state index contributed by atoms with van der Waals surface area (Å²) in [6, 6.07) is 5.72.